The van der Waals surface area contributed by atoms with Crippen LogP contribution in [0.2, 0.25) is 5.02 Å². The van der Waals surface area contributed by atoms with Gasteiger partial charge in [0, 0.05) is 17.1 Å². The second kappa shape index (κ2) is 4.59. The van der Waals surface area contributed by atoms with Gasteiger partial charge in [-0.1, -0.05) is 11.6 Å². The molecule has 4 nitrogen and oxygen atoms in total. The lowest BCUT2D eigenvalue weighted by Crippen LogP contribution is -2.25. The van der Waals surface area contributed by atoms with Crippen molar-refractivity contribution in [2.24, 2.45) is 0 Å². The minimum absolute atomic E-state index is 0.0386. The van der Waals surface area contributed by atoms with Gasteiger partial charge < -0.3 is 0 Å². The van der Waals surface area contributed by atoms with E-state index >= 15 is 0 Å². The average molecular weight is 255 g/mol. The summed E-state index contributed by atoms with van der Waals surface area (Å²) in [5, 5.41) is 3.88. The maximum Gasteiger partial charge on any atom is 0.348 e. The summed E-state index contributed by atoms with van der Waals surface area (Å²) in [6.45, 7) is -0.0386. The minimum atomic E-state index is -0.479. The zero-order valence-corrected chi connectivity index (χ0v) is 9.66. The van der Waals surface area contributed by atoms with Gasteiger partial charge in [0.1, 0.15) is 0 Å². The second-order valence-corrected chi connectivity index (χ2v) is 4.33. The van der Waals surface area contributed by atoms with E-state index in [4.69, 9.17) is 11.6 Å². The van der Waals surface area contributed by atoms with Crippen LogP contribution in [0.3, 0.4) is 0 Å². The summed E-state index contributed by atoms with van der Waals surface area (Å²) in [6.07, 6.45) is 2.66. The van der Waals surface area contributed by atoms with Crippen molar-refractivity contribution >= 4 is 28.7 Å². The molecule has 6 heteroatoms. The van der Waals surface area contributed by atoms with E-state index in [2.05, 4.69) is 4.98 Å². The predicted octanol–water partition coefficient (Wildman–Crippen LogP) is 1.84. The van der Waals surface area contributed by atoms with E-state index in [9.17, 15) is 9.59 Å². The lowest BCUT2D eigenvalue weighted by atomic mass is 10.2. The van der Waals surface area contributed by atoms with Gasteiger partial charge in [-0.25, -0.2) is 9.78 Å². The Morgan fingerprint density at radius 2 is 2.38 bits per heavy atom. The Morgan fingerprint density at radius 1 is 1.56 bits per heavy atom. The van der Waals surface area contributed by atoms with Crippen molar-refractivity contribution in [2.75, 3.05) is 0 Å². The van der Waals surface area contributed by atoms with Crippen LogP contribution in [0.25, 0.3) is 0 Å². The highest BCUT2D eigenvalue weighted by molar-refractivity contribution is 7.08. The third kappa shape index (κ3) is 2.37. The smallest absolute Gasteiger partial charge is 0.292 e. The molecule has 82 valence electrons. The van der Waals surface area contributed by atoms with Gasteiger partial charge in [-0.15, -0.1) is 0 Å². The van der Waals surface area contributed by atoms with Crippen molar-refractivity contribution in [3.05, 3.63) is 50.3 Å². The van der Waals surface area contributed by atoms with Crippen LogP contribution in [-0.2, 0) is 6.54 Å². The normalized spacial score (nSPS) is 10.3. The molecule has 0 spiro atoms. The van der Waals surface area contributed by atoms with Gasteiger partial charge >= 0.3 is 5.69 Å². The highest BCUT2D eigenvalue weighted by Crippen LogP contribution is 2.08. The molecule has 0 bridgehead atoms. The van der Waals surface area contributed by atoms with E-state index in [1.807, 2.05) is 5.38 Å². The number of carbonyl (C=O) groups excluding carboxylic acids is 1. The van der Waals surface area contributed by atoms with Gasteiger partial charge in [-0.05, 0) is 11.4 Å². The molecule has 0 aliphatic carbocycles. The molecule has 0 atom stereocenters. The number of hydrogen-bond donors (Lipinski definition) is 0. The average Bonchev–Trinajstić information content (AvgIpc) is 2.76. The lowest BCUT2D eigenvalue weighted by molar-refractivity contribution is 0.0971. The number of rotatable bonds is 3. The molecule has 0 radical (unpaired) electrons. The first kappa shape index (κ1) is 11.0. The number of Topliss-reactive ketones (excluding diaryl/α,β-unsaturated/α-hetero) is 1. The summed E-state index contributed by atoms with van der Waals surface area (Å²) in [7, 11) is 0. The molecule has 0 unspecified atom stereocenters. The molecule has 0 amide bonds. The molecule has 0 saturated carbocycles. The minimum Gasteiger partial charge on any atom is -0.292 e. The molecule has 0 N–H and O–H groups in total. The Balaban J connectivity index is 2.25. The number of hydrogen-bond acceptors (Lipinski definition) is 4. The Kier molecular flexibility index (Phi) is 3.17. The summed E-state index contributed by atoms with van der Waals surface area (Å²) >= 11 is 7.13. The van der Waals surface area contributed by atoms with E-state index in [0.717, 1.165) is 0 Å². The fourth-order valence-electron chi connectivity index (χ4n) is 1.21. The van der Waals surface area contributed by atoms with Crippen molar-refractivity contribution in [1.82, 2.24) is 9.55 Å². The van der Waals surface area contributed by atoms with Crippen molar-refractivity contribution in [3.63, 3.8) is 0 Å². The quantitative estimate of drug-likeness (QED) is 0.786. The number of carbonyl (C=O) groups is 1. The molecule has 2 aromatic rings. The molecule has 0 aliphatic rings. The summed E-state index contributed by atoms with van der Waals surface area (Å²) in [6, 6.07) is 1.72. The van der Waals surface area contributed by atoms with E-state index in [1.54, 1.807) is 11.4 Å². The summed E-state index contributed by atoms with van der Waals surface area (Å²) in [4.78, 5) is 26.6. The Morgan fingerprint density at radius 3 is 3.06 bits per heavy atom. The van der Waals surface area contributed by atoms with Crippen molar-refractivity contribution < 1.29 is 4.79 Å². The van der Waals surface area contributed by atoms with E-state index in [-0.39, 0.29) is 12.3 Å². The highest BCUT2D eigenvalue weighted by Gasteiger charge is 2.08. The molecule has 0 saturated heterocycles. The largest absolute Gasteiger partial charge is 0.348 e. The van der Waals surface area contributed by atoms with Crippen LogP contribution in [0.5, 0.6) is 0 Å². The fourth-order valence-corrected chi connectivity index (χ4v) is 2.04. The van der Waals surface area contributed by atoms with E-state index in [0.29, 0.717) is 10.6 Å². The van der Waals surface area contributed by atoms with Gasteiger partial charge in [-0.2, -0.15) is 11.3 Å². The Hall–Kier alpha value is -1.46. The predicted molar refractivity (Wildman–Crippen MR) is 62.2 cm³/mol. The highest BCUT2D eigenvalue weighted by atomic mass is 35.5. The first-order valence-corrected chi connectivity index (χ1v) is 5.76. The topological polar surface area (TPSA) is 52.0 Å². The van der Waals surface area contributed by atoms with Crippen LogP contribution in [0.1, 0.15) is 10.4 Å². The van der Waals surface area contributed by atoms with Crippen LogP contribution in [0, 0.1) is 0 Å². The maximum absolute atomic E-state index is 11.7. The molecule has 2 aromatic heterocycles. The summed E-state index contributed by atoms with van der Waals surface area (Å²) in [5.74, 6) is -0.132. The second-order valence-electron chi connectivity index (χ2n) is 3.12. The van der Waals surface area contributed by atoms with E-state index < -0.39 is 5.69 Å². The van der Waals surface area contributed by atoms with Crippen LogP contribution < -0.4 is 5.69 Å². The molecule has 2 heterocycles. The van der Waals surface area contributed by atoms with Gasteiger partial charge in [0.05, 0.1) is 17.8 Å². The third-order valence-electron chi connectivity index (χ3n) is 1.98. The first-order chi connectivity index (χ1) is 7.66. The SMILES string of the molecule is O=C(Cn1cc(Cl)cnc1=O)c1ccsc1. The van der Waals surface area contributed by atoms with Crippen LogP contribution in [0.15, 0.2) is 34.0 Å². The van der Waals surface area contributed by atoms with Crippen LogP contribution in [0.4, 0.5) is 0 Å². The molecular formula is C10H7ClN2O2S. The number of halogens is 1. The van der Waals surface area contributed by atoms with Gasteiger partial charge in [-0.3, -0.25) is 9.36 Å². The Labute approximate surface area is 100 Å². The standard InChI is InChI=1S/C10H7ClN2O2S/c11-8-3-12-10(15)13(4-8)5-9(14)7-1-2-16-6-7/h1-4,6H,5H2. The third-order valence-corrected chi connectivity index (χ3v) is 2.86. The number of nitrogens with zero attached hydrogens (tertiary/aromatic N) is 2. The maximum atomic E-state index is 11.7. The van der Waals surface area contributed by atoms with Crippen LogP contribution in [-0.4, -0.2) is 15.3 Å². The van der Waals surface area contributed by atoms with Crippen molar-refractivity contribution in [2.45, 2.75) is 6.54 Å². The number of aromatic nitrogens is 2. The number of ketones is 1. The molecule has 0 aromatic carbocycles. The van der Waals surface area contributed by atoms with Gasteiger partial charge in [0.2, 0.25) is 0 Å². The molecule has 16 heavy (non-hydrogen) atoms. The summed E-state index contributed by atoms with van der Waals surface area (Å²) in [5.41, 5.74) is 0.116. The zero-order valence-electron chi connectivity index (χ0n) is 8.09. The van der Waals surface area contributed by atoms with Crippen molar-refractivity contribution in [3.8, 4) is 0 Å². The van der Waals surface area contributed by atoms with Crippen molar-refractivity contribution in [1.29, 1.82) is 0 Å². The lowest BCUT2D eigenvalue weighted by Gasteiger charge is -2.02. The molecule has 0 fully saturated rings. The zero-order chi connectivity index (χ0) is 11.5. The first-order valence-electron chi connectivity index (χ1n) is 4.44. The molecule has 0 aliphatic heterocycles. The summed E-state index contributed by atoms with van der Waals surface area (Å²) < 4.78 is 1.20. The van der Waals surface area contributed by atoms with Crippen LogP contribution >= 0.6 is 22.9 Å². The molecule has 2 rings (SSSR count). The fraction of sp³-hybridized carbons (Fsp3) is 0.100. The monoisotopic (exact) mass is 254 g/mol. The van der Waals surface area contributed by atoms with Gasteiger partial charge in [0.15, 0.2) is 5.78 Å². The Bertz CT molecular complexity index is 562. The molecular weight excluding hydrogens is 248 g/mol. The van der Waals surface area contributed by atoms with E-state index in [1.165, 1.54) is 28.3 Å². The number of thiophene rings is 1. The van der Waals surface area contributed by atoms with Gasteiger partial charge in [0.25, 0.3) is 0 Å².